The van der Waals surface area contributed by atoms with Crippen molar-refractivity contribution >= 4 is 35.0 Å². The molecule has 2 N–H and O–H groups in total. The number of benzene rings is 2. The lowest BCUT2D eigenvalue weighted by Crippen LogP contribution is -2.42. The van der Waals surface area contributed by atoms with Gasteiger partial charge in [0.1, 0.15) is 0 Å². The molecule has 0 spiro atoms. The first kappa shape index (κ1) is 16.8. The van der Waals surface area contributed by atoms with Crippen molar-refractivity contribution in [1.82, 2.24) is 10.9 Å². The molecule has 0 saturated heterocycles. The standard InChI is InChI=1S/C18H16Cl2N2O2/c19-14-6-7-16(20)15(10-14)18(24)22-21-17(23)9-11-4-5-12-2-1-3-13(12)8-11/h4-8,10H,1-3,9H2,(H,21,23)(H,22,24). The molecule has 3 rings (SSSR count). The van der Waals surface area contributed by atoms with Crippen molar-refractivity contribution in [3.05, 3.63) is 68.7 Å². The summed E-state index contributed by atoms with van der Waals surface area (Å²) < 4.78 is 0. The third-order valence-corrected chi connectivity index (χ3v) is 4.58. The predicted molar refractivity (Wildman–Crippen MR) is 94.2 cm³/mol. The molecule has 124 valence electrons. The van der Waals surface area contributed by atoms with Crippen LogP contribution in [0.3, 0.4) is 0 Å². The number of amides is 2. The second kappa shape index (κ2) is 7.24. The zero-order chi connectivity index (χ0) is 17.1. The monoisotopic (exact) mass is 362 g/mol. The Morgan fingerprint density at radius 1 is 0.958 bits per heavy atom. The fraction of sp³-hybridized carbons (Fsp3) is 0.222. The Morgan fingerprint density at radius 2 is 1.75 bits per heavy atom. The molecular formula is C18H16Cl2N2O2. The summed E-state index contributed by atoms with van der Waals surface area (Å²) in [6.07, 6.45) is 3.55. The average Bonchev–Trinajstić information content (AvgIpc) is 3.02. The number of nitrogens with one attached hydrogen (secondary N) is 2. The van der Waals surface area contributed by atoms with E-state index in [0.717, 1.165) is 18.4 Å². The van der Waals surface area contributed by atoms with E-state index in [1.807, 2.05) is 6.07 Å². The van der Waals surface area contributed by atoms with Gasteiger partial charge in [0.25, 0.3) is 5.91 Å². The molecule has 24 heavy (non-hydrogen) atoms. The maximum Gasteiger partial charge on any atom is 0.271 e. The van der Waals surface area contributed by atoms with Crippen LogP contribution in [0.5, 0.6) is 0 Å². The van der Waals surface area contributed by atoms with Crippen LogP contribution in [0.1, 0.15) is 33.5 Å². The minimum Gasteiger partial charge on any atom is -0.273 e. The van der Waals surface area contributed by atoms with Gasteiger partial charge in [-0.05, 0) is 54.2 Å². The SMILES string of the molecule is O=C(Cc1ccc2c(c1)CCC2)NNC(=O)c1cc(Cl)ccc1Cl. The van der Waals surface area contributed by atoms with Crippen LogP contribution in [0, 0.1) is 0 Å². The highest BCUT2D eigenvalue weighted by atomic mass is 35.5. The van der Waals surface area contributed by atoms with Gasteiger partial charge in [0.15, 0.2) is 0 Å². The van der Waals surface area contributed by atoms with E-state index in [1.54, 1.807) is 6.07 Å². The predicted octanol–water partition coefficient (Wildman–Crippen LogP) is 3.49. The molecule has 0 unspecified atom stereocenters. The molecule has 0 aromatic heterocycles. The summed E-state index contributed by atoms with van der Waals surface area (Å²) >= 11 is 11.8. The van der Waals surface area contributed by atoms with Gasteiger partial charge in [0.05, 0.1) is 17.0 Å². The molecular weight excluding hydrogens is 347 g/mol. The Kier molecular flexibility index (Phi) is 5.07. The second-order valence-electron chi connectivity index (χ2n) is 5.76. The number of aryl methyl sites for hydroxylation is 2. The molecule has 2 aromatic rings. The van der Waals surface area contributed by atoms with E-state index in [4.69, 9.17) is 23.2 Å². The first-order chi connectivity index (χ1) is 11.5. The first-order valence-corrected chi connectivity index (χ1v) is 8.43. The number of carbonyl (C=O) groups excluding carboxylic acids is 2. The van der Waals surface area contributed by atoms with Crippen LogP contribution in [-0.2, 0) is 24.1 Å². The lowest BCUT2D eigenvalue weighted by atomic mass is 10.0. The maximum absolute atomic E-state index is 12.1. The largest absolute Gasteiger partial charge is 0.273 e. The summed E-state index contributed by atoms with van der Waals surface area (Å²) in [5.41, 5.74) is 8.58. The van der Waals surface area contributed by atoms with Gasteiger partial charge >= 0.3 is 0 Å². The van der Waals surface area contributed by atoms with Crippen molar-refractivity contribution in [1.29, 1.82) is 0 Å². The molecule has 0 heterocycles. The van der Waals surface area contributed by atoms with Gasteiger partial charge in [-0.2, -0.15) is 0 Å². The highest BCUT2D eigenvalue weighted by molar-refractivity contribution is 6.35. The van der Waals surface area contributed by atoms with Crippen molar-refractivity contribution < 1.29 is 9.59 Å². The Bertz CT molecular complexity index is 806. The Labute approximate surface area is 150 Å². The average molecular weight is 363 g/mol. The first-order valence-electron chi connectivity index (χ1n) is 7.68. The van der Waals surface area contributed by atoms with Gasteiger partial charge in [0, 0.05) is 5.02 Å². The van der Waals surface area contributed by atoms with Crippen molar-refractivity contribution in [3.8, 4) is 0 Å². The minimum absolute atomic E-state index is 0.205. The summed E-state index contributed by atoms with van der Waals surface area (Å²) in [6, 6.07) is 10.7. The number of carbonyl (C=O) groups is 2. The highest BCUT2D eigenvalue weighted by Crippen LogP contribution is 2.23. The molecule has 0 aliphatic heterocycles. The lowest BCUT2D eigenvalue weighted by Gasteiger charge is -2.09. The van der Waals surface area contributed by atoms with Gasteiger partial charge < -0.3 is 0 Å². The molecule has 0 saturated carbocycles. The van der Waals surface area contributed by atoms with E-state index in [9.17, 15) is 9.59 Å². The van der Waals surface area contributed by atoms with Gasteiger partial charge in [-0.3, -0.25) is 20.4 Å². The zero-order valence-corrected chi connectivity index (χ0v) is 14.4. The number of fused-ring (bicyclic) bond motifs is 1. The smallest absolute Gasteiger partial charge is 0.271 e. The van der Waals surface area contributed by atoms with Gasteiger partial charge in [-0.15, -0.1) is 0 Å². The minimum atomic E-state index is -0.509. The highest BCUT2D eigenvalue weighted by Gasteiger charge is 2.14. The summed E-state index contributed by atoms with van der Waals surface area (Å²) in [7, 11) is 0. The van der Waals surface area contributed by atoms with E-state index in [0.29, 0.717) is 5.02 Å². The van der Waals surface area contributed by atoms with Gasteiger partial charge in [-0.1, -0.05) is 41.4 Å². The normalized spacial score (nSPS) is 12.6. The molecule has 0 radical (unpaired) electrons. The van der Waals surface area contributed by atoms with E-state index < -0.39 is 5.91 Å². The van der Waals surface area contributed by atoms with E-state index in [2.05, 4.69) is 23.0 Å². The number of hydrazine groups is 1. The zero-order valence-electron chi connectivity index (χ0n) is 12.9. The molecule has 6 heteroatoms. The van der Waals surface area contributed by atoms with E-state index >= 15 is 0 Å². The van der Waals surface area contributed by atoms with Crippen molar-refractivity contribution in [3.63, 3.8) is 0 Å². The molecule has 1 aliphatic rings. The van der Waals surface area contributed by atoms with Crippen LogP contribution in [0.15, 0.2) is 36.4 Å². The summed E-state index contributed by atoms with van der Waals surface area (Å²) in [6.45, 7) is 0. The molecule has 0 atom stereocenters. The number of hydrogen-bond acceptors (Lipinski definition) is 2. The molecule has 1 aliphatic carbocycles. The van der Waals surface area contributed by atoms with Crippen LogP contribution in [0.2, 0.25) is 10.0 Å². The van der Waals surface area contributed by atoms with Crippen molar-refractivity contribution in [2.24, 2.45) is 0 Å². The fourth-order valence-corrected chi connectivity index (χ4v) is 3.21. The quantitative estimate of drug-likeness (QED) is 0.821. The van der Waals surface area contributed by atoms with Crippen molar-refractivity contribution in [2.75, 3.05) is 0 Å². The van der Waals surface area contributed by atoms with Crippen LogP contribution in [0.25, 0.3) is 0 Å². The molecule has 0 bridgehead atoms. The number of hydrogen-bond donors (Lipinski definition) is 2. The summed E-state index contributed by atoms with van der Waals surface area (Å²) in [5.74, 6) is -0.802. The third-order valence-electron chi connectivity index (χ3n) is 4.02. The maximum atomic E-state index is 12.1. The van der Waals surface area contributed by atoms with Gasteiger partial charge in [0.2, 0.25) is 5.91 Å². The number of halogens is 2. The molecule has 4 nitrogen and oxygen atoms in total. The van der Waals surface area contributed by atoms with E-state index in [-0.39, 0.29) is 22.9 Å². The topological polar surface area (TPSA) is 58.2 Å². The summed E-state index contributed by atoms with van der Waals surface area (Å²) in [5, 5.41) is 0.666. The molecule has 2 amide bonds. The van der Waals surface area contributed by atoms with Crippen LogP contribution in [-0.4, -0.2) is 11.8 Å². The Hall–Kier alpha value is -2.04. The van der Waals surface area contributed by atoms with E-state index in [1.165, 1.54) is 29.7 Å². The van der Waals surface area contributed by atoms with Crippen LogP contribution in [0.4, 0.5) is 0 Å². The number of rotatable bonds is 3. The summed E-state index contributed by atoms with van der Waals surface area (Å²) in [4.78, 5) is 24.1. The Morgan fingerprint density at radius 3 is 2.58 bits per heavy atom. The molecule has 2 aromatic carbocycles. The lowest BCUT2D eigenvalue weighted by molar-refractivity contribution is -0.121. The fourth-order valence-electron chi connectivity index (χ4n) is 2.83. The molecule has 0 fully saturated rings. The van der Waals surface area contributed by atoms with Crippen LogP contribution >= 0.6 is 23.2 Å². The van der Waals surface area contributed by atoms with Crippen molar-refractivity contribution in [2.45, 2.75) is 25.7 Å². The van der Waals surface area contributed by atoms with Crippen LogP contribution < -0.4 is 10.9 Å². The second-order valence-corrected chi connectivity index (χ2v) is 6.60. The Balaban J connectivity index is 1.57. The third kappa shape index (κ3) is 3.89. The van der Waals surface area contributed by atoms with Gasteiger partial charge in [-0.25, -0.2) is 0 Å².